The monoisotopic (exact) mass is 666 g/mol. The van der Waals surface area contributed by atoms with Crippen molar-refractivity contribution in [3.8, 4) is 6.07 Å². The predicted octanol–water partition coefficient (Wildman–Crippen LogP) is 4.23. The van der Waals surface area contributed by atoms with Crippen LogP contribution in [0.3, 0.4) is 0 Å². The fraction of sp³-hybridized carbons (Fsp3) is 0.424. The van der Waals surface area contributed by atoms with Gasteiger partial charge < -0.3 is 34.3 Å². The number of amides is 4. The Labute approximate surface area is 277 Å². The first-order valence-electron chi connectivity index (χ1n) is 14.8. The number of benzene rings is 2. The van der Waals surface area contributed by atoms with E-state index in [2.05, 4.69) is 5.32 Å². The number of carboxylic acid groups (broad SMARTS) is 1. The fourth-order valence-electron chi connectivity index (χ4n) is 4.45. The summed E-state index contributed by atoms with van der Waals surface area (Å²) in [5.74, 6) is -3.80. The minimum Gasteiger partial charge on any atom is -0.478 e. The minimum atomic E-state index is -1.78. The van der Waals surface area contributed by atoms with Crippen LogP contribution < -0.4 is 10.2 Å². The summed E-state index contributed by atoms with van der Waals surface area (Å²) in [5, 5.41) is 21.7. The first kappa shape index (κ1) is 37.0. The number of hydrogen-bond donors (Lipinski definition) is 2. The second-order valence-electron chi connectivity index (χ2n) is 12.7. The van der Waals surface area contributed by atoms with E-state index in [1.165, 1.54) is 47.4 Å². The minimum absolute atomic E-state index is 0.0393. The van der Waals surface area contributed by atoms with Crippen molar-refractivity contribution < 1.29 is 52.8 Å². The molecule has 4 amide bonds. The highest BCUT2D eigenvalue weighted by molar-refractivity contribution is 6.05. The molecule has 2 N–H and O–H groups in total. The van der Waals surface area contributed by atoms with Crippen molar-refractivity contribution in [1.29, 1.82) is 5.26 Å². The van der Waals surface area contributed by atoms with E-state index in [0.29, 0.717) is 4.90 Å². The molecule has 1 aliphatic heterocycles. The third kappa shape index (κ3) is 10.0. The molecule has 0 aromatic heterocycles. The van der Waals surface area contributed by atoms with Crippen molar-refractivity contribution in [3.63, 3.8) is 0 Å². The average Bonchev–Trinajstić information content (AvgIpc) is 2.97. The Morgan fingerprint density at radius 2 is 1.67 bits per heavy atom. The van der Waals surface area contributed by atoms with Gasteiger partial charge in [-0.3, -0.25) is 14.4 Å². The summed E-state index contributed by atoms with van der Waals surface area (Å²) in [6, 6.07) is 11.6. The summed E-state index contributed by atoms with van der Waals surface area (Å²) in [6.45, 7) is 10.2. The zero-order chi connectivity index (χ0) is 36.0. The van der Waals surface area contributed by atoms with Crippen molar-refractivity contribution in [2.75, 3.05) is 23.4 Å². The maximum atomic E-state index is 13.6. The third-order valence-corrected chi connectivity index (χ3v) is 6.40. The Hall–Kier alpha value is -5.49. The highest BCUT2D eigenvalue weighted by Gasteiger charge is 2.43. The normalized spacial score (nSPS) is 15.4. The van der Waals surface area contributed by atoms with Gasteiger partial charge in [0.2, 0.25) is 6.10 Å². The van der Waals surface area contributed by atoms with Gasteiger partial charge in [-0.25, -0.2) is 19.3 Å². The summed E-state index contributed by atoms with van der Waals surface area (Å²) < 4.78 is 21.6. The summed E-state index contributed by atoms with van der Waals surface area (Å²) in [5.41, 5.74) is -1.50. The number of nitrogens with one attached hydrogen (secondary N) is 1. The number of carbonyl (C=O) groups excluding carboxylic acids is 5. The number of anilines is 2. The van der Waals surface area contributed by atoms with Crippen molar-refractivity contribution in [1.82, 2.24) is 4.90 Å². The average molecular weight is 667 g/mol. The quantitative estimate of drug-likeness (QED) is 0.300. The van der Waals surface area contributed by atoms with E-state index in [-0.39, 0.29) is 41.2 Å². The van der Waals surface area contributed by atoms with E-state index in [4.69, 9.17) is 18.9 Å². The number of carboxylic acids is 1. The lowest BCUT2D eigenvalue weighted by Crippen LogP contribution is -2.56. The van der Waals surface area contributed by atoms with E-state index >= 15 is 0 Å². The molecule has 1 aliphatic rings. The molecule has 48 heavy (non-hydrogen) atoms. The van der Waals surface area contributed by atoms with E-state index < -0.39 is 65.9 Å². The highest BCUT2D eigenvalue weighted by atomic mass is 16.6. The Kier molecular flexibility index (Phi) is 11.5. The van der Waals surface area contributed by atoms with Gasteiger partial charge in [0.25, 0.3) is 11.8 Å². The van der Waals surface area contributed by atoms with E-state index in [0.717, 1.165) is 6.92 Å². The van der Waals surface area contributed by atoms with Crippen LogP contribution in [0.2, 0.25) is 0 Å². The molecule has 1 fully saturated rings. The van der Waals surface area contributed by atoms with Gasteiger partial charge >= 0.3 is 24.1 Å². The molecule has 2 aromatic rings. The Morgan fingerprint density at radius 1 is 1.04 bits per heavy atom. The van der Waals surface area contributed by atoms with Crippen LogP contribution in [0.5, 0.6) is 0 Å². The number of esters is 1. The molecule has 1 saturated heterocycles. The molecule has 256 valence electrons. The largest absolute Gasteiger partial charge is 0.478 e. The first-order valence-corrected chi connectivity index (χ1v) is 14.8. The summed E-state index contributed by atoms with van der Waals surface area (Å²) in [7, 11) is 0. The van der Waals surface area contributed by atoms with Crippen molar-refractivity contribution in [2.24, 2.45) is 0 Å². The summed E-state index contributed by atoms with van der Waals surface area (Å²) in [6.07, 6.45) is -5.43. The van der Waals surface area contributed by atoms with E-state index in [9.17, 15) is 39.1 Å². The van der Waals surface area contributed by atoms with Crippen LogP contribution in [0.4, 0.5) is 21.0 Å². The smallest absolute Gasteiger partial charge is 0.420 e. The molecule has 0 spiro atoms. The molecule has 0 radical (unpaired) electrons. The van der Waals surface area contributed by atoms with Crippen LogP contribution in [0.25, 0.3) is 0 Å². The van der Waals surface area contributed by atoms with Gasteiger partial charge in [-0.15, -0.1) is 0 Å². The van der Waals surface area contributed by atoms with Gasteiger partial charge in [-0.05, 0) is 83.5 Å². The molecule has 0 aliphatic carbocycles. The number of carbonyl (C=O) groups is 6. The van der Waals surface area contributed by atoms with Crippen LogP contribution in [0.15, 0.2) is 42.5 Å². The molecule has 1 heterocycles. The number of morpholine rings is 1. The van der Waals surface area contributed by atoms with Gasteiger partial charge in [0.1, 0.15) is 11.2 Å². The Balaban J connectivity index is 1.92. The van der Waals surface area contributed by atoms with Crippen LogP contribution >= 0.6 is 0 Å². The van der Waals surface area contributed by atoms with Crippen LogP contribution in [-0.4, -0.2) is 82.5 Å². The molecule has 0 saturated carbocycles. The van der Waals surface area contributed by atoms with Crippen LogP contribution in [0.1, 0.15) is 70.0 Å². The topological polar surface area (TPSA) is 202 Å². The number of ether oxygens (including phenoxy) is 4. The molecule has 15 heteroatoms. The number of nitrogens with zero attached hydrogens (tertiary/aromatic N) is 3. The van der Waals surface area contributed by atoms with E-state index in [1.54, 1.807) is 41.5 Å². The number of rotatable bonds is 8. The zero-order valence-electron chi connectivity index (χ0n) is 27.7. The maximum Gasteiger partial charge on any atom is 0.420 e. The van der Waals surface area contributed by atoms with Crippen molar-refractivity contribution >= 4 is 47.3 Å². The lowest BCUT2D eigenvalue weighted by atomic mass is 10.1. The Morgan fingerprint density at radius 3 is 2.21 bits per heavy atom. The molecular formula is C33H38N4O11. The van der Waals surface area contributed by atoms with Crippen molar-refractivity contribution in [2.45, 2.75) is 78.4 Å². The van der Waals surface area contributed by atoms with Crippen molar-refractivity contribution in [3.05, 3.63) is 59.2 Å². The molecule has 1 unspecified atom stereocenters. The second kappa shape index (κ2) is 14.9. The number of imide groups is 1. The highest BCUT2D eigenvalue weighted by Crippen LogP contribution is 2.25. The van der Waals surface area contributed by atoms with E-state index in [1.807, 2.05) is 6.07 Å². The second-order valence-corrected chi connectivity index (χ2v) is 12.7. The fourth-order valence-corrected chi connectivity index (χ4v) is 4.45. The number of aromatic carboxylic acids is 1. The van der Waals surface area contributed by atoms with Gasteiger partial charge in [-0.1, -0.05) is 6.07 Å². The van der Waals surface area contributed by atoms with Crippen LogP contribution in [0, 0.1) is 11.3 Å². The summed E-state index contributed by atoms with van der Waals surface area (Å²) >= 11 is 0. The molecular weight excluding hydrogens is 628 g/mol. The van der Waals surface area contributed by atoms with Gasteiger partial charge in [0.05, 0.1) is 30.3 Å². The predicted molar refractivity (Wildman–Crippen MR) is 169 cm³/mol. The molecule has 3 rings (SSSR count). The number of hydrogen-bond acceptors (Lipinski definition) is 11. The van der Waals surface area contributed by atoms with Gasteiger partial charge in [0.15, 0.2) is 6.10 Å². The third-order valence-electron chi connectivity index (χ3n) is 6.40. The van der Waals surface area contributed by atoms with Gasteiger partial charge in [0, 0.05) is 24.8 Å². The molecule has 0 bridgehead atoms. The maximum absolute atomic E-state index is 13.6. The summed E-state index contributed by atoms with van der Waals surface area (Å²) in [4.78, 5) is 78.6. The first-order chi connectivity index (χ1) is 22.3. The molecule has 2 atom stereocenters. The SMILES string of the molecule is CC(=O)O[C@@H](C(=O)Nc1ccc(C#N)c(CN(C(=O)OC(C)(C)C)C(=O)OC(C)(C)C)c1)C1OCCN(c2cccc(C(=O)O)c2)C1=O. The van der Waals surface area contributed by atoms with Crippen LogP contribution in [-0.2, 0) is 39.9 Å². The zero-order valence-corrected chi connectivity index (χ0v) is 27.7. The lowest BCUT2D eigenvalue weighted by Gasteiger charge is -2.35. The number of nitriles is 1. The standard InChI is InChI=1S/C33H38N4O11/c1-19(38)46-25(26-28(40)36(13-14-45-26)24-10-8-9-20(16-24)29(41)42)27(39)35-23-12-11-21(17-34)22(15-23)18-37(30(43)47-32(2,3)4)31(44)48-33(5,6)7/h8-12,15-16,25-26H,13-14,18H2,1-7H3,(H,35,39)(H,41,42)/t25-,26?/m1/s1. The van der Waals surface area contributed by atoms with Gasteiger partial charge in [-0.2, -0.15) is 5.26 Å². The molecule has 15 nitrogen and oxygen atoms in total. The Bertz CT molecular complexity index is 1610. The molecule has 2 aromatic carbocycles. The lowest BCUT2D eigenvalue weighted by molar-refractivity contribution is -0.167.